The summed E-state index contributed by atoms with van der Waals surface area (Å²) in [6.45, 7) is 4.26. The number of hydrogen-bond acceptors (Lipinski definition) is 8. The maximum atomic E-state index is 13.5. The predicted octanol–water partition coefficient (Wildman–Crippen LogP) is 4.85. The molecule has 33 heavy (non-hydrogen) atoms. The van der Waals surface area contributed by atoms with Crippen LogP contribution in [0.15, 0.2) is 45.1 Å². The van der Waals surface area contributed by atoms with E-state index >= 15 is 0 Å². The van der Waals surface area contributed by atoms with Gasteiger partial charge in [0.1, 0.15) is 17.7 Å². The molecule has 3 aromatic rings. The molecule has 0 saturated carbocycles. The van der Waals surface area contributed by atoms with Crippen LogP contribution in [0.3, 0.4) is 0 Å². The summed E-state index contributed by atoms with van der Waals surface area (Å²) < 4.78 is 39.4. The van der Waals surface area contributed by atoms with Gasteiger partial charge in [-0.2, -0.15) is 0 Å². The van der Waals surface area contributed by atoms with Crippen LogP contribution in [0.5, 0.6) is 34.5 Å². The number of hydrogen-bond donors (Lipinski definition) is 0. The van der Waals surface area contributed by atoms with Gasteiger partial charge in [-0.1, -0.05) is 5.57 Å². The van der Waals surface area contributed by atoms with Crippen LogP contribution in [-0.4, -0.2) is 42.2 Å². The van der Waals surface area contributed by atoms with E-state index in [1.165, 1.54) is 28.4 Å². The first-order chi connectivity index (χ1) is 15.9. The third-order valence-electron chi connectivity index (χ3n) is 5.01. The van der Waals surface area contributed by atoms with E-state index in [0.717, 1.165) is 5.57 Å². The predicted molar refractivity (Wildman–Crippen MR) is 126 cm³/mol. The minimum absolute atomic E-state index is 0.0216. The Morgan fingerprint density at radius 3 is 2.06 bits per heavy atom. The number of ether oxygens (including phenoxy) is 6. The van der Waals surface area contributed by atoms with E-state index in [4.69, 9.17) is 32.8 Å². The SMILES string of the molecule is COc1ccc(-c2oc3c(OC)c(OCC=C(C)C)cc(OC)c3c(=O)c2OC)cc1OC. The fourth-order valence-electron chi connectivity index (χ4n) is 3.38. The van der Waals surface area contributed by atoms with E-state index in [1.807, 2.05) is 19.9 Å². The summed E-state index contributed by atoms with van der Waals surface area (Å²) in [6.07, 6.45) is 1.93. The summed E-state index contributed by atoms with van der Waals surface area (Å²) in [5.41, 5.74) is 1.43. The Kier molecular flexibility index (Phi) is 7.37. The van der Waals surface area contributed by atoms with E-state index in [0.29, 0.717) is 29.4 Å². The summed E-state index contributed by atoms with van der Waals surface area (Å²) in [5, 5.41) is 0.185. The maximum Gasteiger partial charge on any atom is 0.239 e. The molecule has 8 heteroatoms. The Labute approximate surface area is 192 Å². The number of fused-ring (bicyclic) bond motifs is 1. The lowest BCUT2D eigenvalue weighted by atomic mass is 10.1. The Hall–Kier alpha value is -3.81. The standard InChI is InChI=1S/C25H28O8/c1-14(2)10-11-32-19-13-18(29-5)20-21(26)25(31-7)22(33-24(20)23(19)30-6)15-8-9-16(27-3)17(12-15)28-4/h8-10,12-13H,11H2,1-7H3. The zero-order valence-electron chi connectivity index (χ0n) is 19.9. The molecule has 0 aliphatic rings. The highest BCUT2D eigenvalue weighted by Gasteiger charge is 2.26. The van der Waals surface area contributed by atoms with Crippen molar-refractivity contribution >= 4 is 11.0 Å². The molecule has 0 N–H and O–H groups in total. The van der Waals surface area contributed by atoms with E-state index in [2.05, 4.69) is 0 Å². The molecule has 0 amide bonds. The highest BCUT2D eigenvalue weighted by molar-refractivity contribution is 5.93. The maximum absolute atomic E-state index is 13.5. The highest BCUT2D eigenvalue weighted by atomic mass is 16.5. The summed E-state index contributed by atoms with van der Waals surface area (Å²) >= 11 is 0. The fourth-order valence-corrected chi connectivity index (χ4v) is 3.38. The molecule has 8 nitrogen and oxygen atoms in total. The molecule has 0 radical (unpaired) electrons. The molecule has 0 atom stereocenters. The van der Waals surface area contributed by atoms with Crippen LogP contribution in [0.1, 0.15) is 13.8 Å². The lowest BCUT2D eigenvalue weighted by molar-refractivity contribution is 0.320. The molecular formula is C25H28O8. The Morgan fingerprint density at radius 1 is 0.818 bits per heavy atom. The Morgan fingerprint density at radius 2 is 1.48 bits per heavy atom. The highest BCUT2D eigenvalue weighted by Crippen LogP contribution is 2.44. The average molecular weight is 456 g/mol. The van der Waals surface area contributed by atoms with Crippen LogP contribution in [-0.2, 0) is 0 Å². The molecule has 2 aromatic carbocycles. The van der Waals surface area contributed by atoms with Crippen LogP contribution in [0.25, 0.3) is 22.3 Å². The molecule has 0 spiro atoms. The van der Waals surface area contributed by atoms with Gasteiger partial charge in [-0.25, -0.2) is 0 Å². The molecule has 176 valence electrons. The summed E-state index contributed by atoms with van der Waals surface area (Å²) in [6, 6.07) is 6.76. The molecule has 3 rings (SSSR count). The van der Waals surface area contributed by atoms with Gasteiger partial charge in [-0.15, -0.1) is 0 Å². The summed E-state index contributed by atoms with van der Waals surface area (Å²) in [4.78, 5) is 13.5. The van der Waals surface area contributed by atoms with Gasteiger partial charge >= 0.3 is 0 Å². The Bertz CT molecular complexity index is 1240. The van der Waals surface area contributed by atoms with Gasteiger partial charge in [0.2, 0.25) is 16.9 Å². The van der Waals surface area contributed by atoms with Gasteiger partial charge in [0.15, 0.2) is 28.6 Å². The lowest BCUT2D eigenvalue weighted by Gasteiger charge is -2.17. The monoisotopic (exact) mass is 456 g/mol. The van der Waals surface area contributed by atoms with Crippen molar-refractivity contribution in [2.75, 3.05) is 42.2 Å². The van der Waals surface area contributed by atoms with E-state index in [9.17, 15) is 4.79 Å². The van der Waals surface area contributed by atoms with Gasteiger partial charge < -0.3 is 32.8 Å². The van der Waals surface area contributed by atoms with Crippen molar-refractivity contribution in [2.45, 2.75) is 13.8 Å². The first kappa shape index (κ1) is 23.8. The molecule has 1 heterocycles. The normalized spacial score (nSPS) is 10.5. The van der Waals surface area contributed by atoms with E-state index < -0.39 is 5.43 Å². The number of methoxy groups -OCH3 is 5. The van der Waals surface area contributed by atoms with Crippen LogP contribution in [0.2, 0.25) is 0 Å². The topological polar surface area (TPSA) is 85.6 Å². The second kappa shape index (κ2) is 10.2. The van der Waals surface area contributed by atoms with Crippen molar-refractivity contribution in [1.82, 2.24) is 0 Å². The van der Waals surface area contributed by atoms with Crippen molar-refractivity contribution in [1.29, 1.82) is 0 Å². The van der Waals surface area contributed by atoms with Crippen molar-refractivity contribution in [3.05, 3.63) is 46.1 Å². The van der Waals surface area contributed by atoms with Crippen molar-refractivity contribution in [2.24, 2.45) is 0 Å². The van der Waals surface area contributed by atoms with Crippen LogP contribution >= 0.6 is 0 Å². The van der Waals surface area contributed by atoms with Gasteiger partial charge in [0, 0.05) is 11.6 Å². The second-order valence-electron chi connectivity index (χ2n) is 7.27. The van der Waals surface area contributed by atoms with Crippen LogP contribution in [0.4, 0.5) is 0 Å². The molecule has 0 saturated heterocycles. The fraction of sp³-hybridized carbons (Fsp3) is 0.320. The van der Waals surface area contributed by atoms with E-state index in [1.54, 1.807) is 31.4 Å². The minimum atomic E-state index is -0.408. The number of benzene rings is 2. The summed E-state index contributed by atoms with van der Waals surface area (Å²) in [5.74, 6) is 2.18. The largest absolute Gasteiger partial charge is 0.496 e. The van der Waals surface area contributed by atoms with Gasteiger partial charge in [0.25, 0.3) is 0 Å². The molecule has 0 aliphatic heterocycles. The van der Waals surface area contributed by atoms with Gasteiger partial charge in [-0.05, 0) is 38.1 Å². The molecule has 0 aliphatic carbocycles. The van der Waals surface area contributed by atoms with Crippen molar-refractivity contribution in [3.63, 3.8) is 0 Å². The van der Waals surface area contributed by atoms with Crippen LogP contribution in [0, 0.1) is 0 Å². The first-order valence-electron chi connectivity index (χ1n) is 10.2. The molecule has 0 bridgehead atoms. The van der Waals surface area contributed by atoms with Crippen LogP contribution < -0.4 is 33.8 Å². The lowest BCUT2D eigenvalue weighted by Crippen LogP contribution is -2.10. The smallest absolute Gasteiger partial charge is 0.239 e. The van der Waals surface area contributed by atoms with Gasteiger partial charge in [0.05, 0.1) is 35.5 Å². The van der Waals surface area contributed by atoms with Gasteiger partial charge in [-0.3, -0.25) is 4.79 Å². The number of rotatable bonds is 9. The van der Waals surface area contributed by atoms with Crippen molar-refractivity contribution in [3.8, 4) is 45.8 Å². The quantitative estimate of drug-likeness (QED) is 0.423. The number of allylic oxidation sites excluding steroid dienone is 1. The zero-order valence-corrected chi connectivity index (χ0v) is 19.9. The molecule has 0 unspecified atom stereocenters. The Balaban J connectivity index is 2.34. The summed E-state index contributed by atoms with van der Waals surface area (Å²) in [7, 11) is 7.43. The van der Waals surface area contributed by atoms with E-state index in [-0.39, 0.29) is 34.0 Å². The average Bonchev–Trinajstić information content (AvgIpc) is 2.82. The third-order valence-corrected chi connectivity index (χ3v) is 5.01. The third kappa shape index (κ3) is 4.55. The second-order valence-corrected chi connectivity index (χ2v) is 7.27. The minimum Gasteiger partial charge on any atom is -0.496 e. The molecular weight excluding hydrogens is 428 g/mol. The van der Waals surface area contributed by atoms with Crippen molar-refractivity contribution < 1.29 is 32.8 Å². The zero-order chi connectivity index (χ0) is 24.1. The molecule has 1 aromatic heterocycles. The molecule has 0 fully saturated rings. The first-order valence-corrected chi connectivity index (χ1v) is 10.2.